The van der Waals surface area contributed by atoms with Crippen molar-refractivity contribution in [1.29, 1.82) is 0 Å². The van der Waals surface area contributed by atoms with Gasteiger partial charge in [-0.3, -0.25) is 14.5 Å². The SMILES string of the molecule is C=CCN1C(=O)S/C(=C\c2ccc(OCc3ccc(C(=O)O)cc3)c(Br)c2)C1=O. The Morgan fingerprint density at radius 2 is 1.93 bits per heavy atom. The summed E-state index contributed by atoms with van der Waals surface area (Å²) in [4.78, 5) is 36.6. The molecule has 2 aromatic rings. The predicted molar refractivity (Wildman–Crippen MR) is 115 cm³/mol. The summed E-state index contributed by atoms with van der Waals surface area (Å²) in [7, 11) is 0. The summed E-state index contributed by atoms with van der Waals surface area (Å²) in [6, 6.07) is 11.8. The van der Waals surface area contributed by atoms with E-state index in [4.69, 9.17) is 9.84 Å². The fourth-order valence-corrected chi connectivity index (χ4v) is 3.93. The number of thioether (sulfide) groups is 1. The van der Waals surface area contributed by atoms with Gasteiger partial charge in [-0.25, -0.2) is 4.79 Å². The molecule has 0 spiro atoms. The van der Waals surface area contributed by atoms with Crippen LogP contribution < -0.4 is 4.74 Å². The van der Waals surface area contributed by atoms with E-state index in [1.807, 2.05) is 0 Å². The largest absolute Gasteiger partial charge is 0.488 e. The third-order valence-corrected chi connectivity index (χ3v) is 5.56. The van der Waals surface area contributed by atoms with Crippen LogP contribution in [0.1, 0.15) is 21.5 Å². The molecule has 148 valence electrons. The topological polar surface area (TPSA) is 83.9 Å². The first-order valence-electron chi connectivity index (χ1n) is 8.50. The van der Waals surface area contributed by atoms with Crippen LogP contribution >= 0.6 is 27.7 Å². The molecular weight excluding hydrogens is 458 g/mol. The average Bonchev–Trinajstić information content (AvgIpc) is 2.95. The molecule has 1 aliphatic heterocycles. The second-order valence-electron chi connectivity index (χ2n) is 6.06. The highest BCUT2D eigenvalue weighted by atomic mass is 79.9. The van der Waals surface area contributed by atoms with Gasteiger partial charge < -0.3 is 9.84 Å². The first kappa shape index (κ1) is 20.9. The summed E-state index contributed by atoms with van der Waals surface area (Å²) >= 11 is 4.35. The number of rotatable bonds is 7. The molecule has 1 saturated heterocycles. The molecule has 1 aliphatic rings. The van der Waals surface area contributed by atoms with Crippen molar-refractivity contribution in [1.82, 2.24) is 4.90 Å². The Morgan fingerprint density at radius 3 is 2.55 bits per heavy atom. The number of hydrogen-bond acceptors (Lipinski definition) is 5. The summed E-state index contributed by atoms with van der Waals surface area (Å²) in [5.74, 6) is -0.705. The molecule has 0 atom stereocenters. The zero-order valence-electron chi connectivity index (χ0n) is 15.1. The van der Waals surface area contributed by atoms with Gasteiger partial charge >= 0.3 is 5.97 Å². The summed E-state index contributed by atoms with van der Waals surface area (Å²) in [6.07, 6.45) is 3.17. The summed E-state index contributed by atoms with van der Waals surface area (Å²) < 4.78 is 6.47. The number of nitrogens with zero attached hydrogens (tertiary/aromatic N) is 1. The maximum atomic E-state index is 12.3. The van der Waals surface area contributed by atoms with Gasteiger partial charge in [-0.05, 0) is 69.2 Å². The van der Waals surface area contributed by atoms with Crippen LogP contribution in [-0.2, 0) is 11.4 Å². The van der Waals surface area contributed by atoms with Crippen molar-refractivity contribution in [3.8, 4) is 5.75 Å². The average molecular weight is 474 g/mol. The van der Waals surface area contributed by atoms with Crippen LogP contribution in [0.3, 0.4) is 0 Å². The molecule has 0 unspecified atom stereocenters. The van der Waals surface area contributed by atoms with Gasteiger partial charge in [0.2, 0.25) is 0 Å². The lowest BCUT2D eigenvalue weighted by Crippen LogP contribution is -2.27. The monoisotopic (exact) mass is 473 g/mol. The number of carboxylic acids is 1. The van der Waals surface area contributed by atoms with Crippen molar-refractivity contribution >= 4 is 50.9 Å². The van der Waals surface area contributed by atoms with E-state index in [-0.39, 0.29) is 29.9 Å². The molecule has 0 radical (unpaired) electrons. The lowest BCUT2D eigenvalue weighted by Gasteiger charge is -2.10. The van der Waals surface area contributed by atoms with Crippen molar-refractivity contribution in [3.05, 3.63) is 81.2 Å². The molecule has 1 fully saturated rings. The molecule has 2 aromatic carbocycles. The number of hydrogen-bond donors (Lipinski definition) is 1. The minimum atomic E-state index is -0.974. The number of amides is 2. The van der Waals surface area contributed by atoms with Crippen LogP contribution in [0.5, 0.6) is 5.75 Å². The van der Waals surface area contributed by atoms with Gasteiger partial charge in [0.05, 0.1) is 14.9 Å². The third kappa shape index (κ3) is 4.96. The molecule has 1 heterocycles. The Morgan fingerprint density at radius 1 is 1.21 bits per heavy atom. The lowest BCUT2D eigenvalue weighted by atomic mass is 10.1. The zero-order chi connectivity index (χ0) is 21.0. The minimum absolute atomic E-state index is 0.186. The molecule has 3 rings (SSSR count). The van der Waals surface area contributed by atoms with Crippen LogP contribution in [0.2, 0.25) is 0 Å². The number of benzene rings is 2. The number of imide groups is 1. The van der Waals surface area contributed by atoms with E-state index in [1.165, 1.54) is 18.2 Å². The highest BCUT2D eigenvalue weighted by Crippen LogP contribution is 2.34. The predicted octanol–water partition coefficient (Wildman–Crippen LogP) is 4.95. The van der Waals surface area contributed by atoms with Gasteiger partial charge in [-0.2, -0.15) is 0 Å². The second kappa shape index (κ2) is 9.11. The Hall–Kier alpha value is -2.84. The molecule has 0 aliphatic carbocycles. The quantitative estimate of drug-likeness (QED) is 0.452. The van der Waals surface area contributed by atoms with Crippen molar-refractivity contribution in [2.75, 3.05) is 6.54 Å². The van der Waals surface area contributed by atoms with Crippen LogP contribution in [-0.4, -0.2) is 33.7 Å². The van der Waals surface area contributed by atoms with Gasteiger partial charge in [0.25, 0.3) is 11.1 Å². The fourth-order valence-electron chi connectivity index (χ4n) is 2.57. The Labute approximate surface area is 180 Å². The normalized spacial score (nSPS) is 15.1. The van der Waals surface area contributed by atoms with Crippen LogP contribution in [0.4, 0.5) is 4.79 Å². The van der Waals surface area contributed by atoms with Gasteiger partial charge in [0.1, 0.15) is 12.4 Å². The van der Waals surface area contributed by atoms with Gasteiger partial charge in [-0.1, -0.05) is 24.3 Å². The molecule has 29 heavy (non-hydrogen) atoms. The highest BCUT2D eigenvalue weighted by Gasteiger charge is 2.34. The van der Waals surface area contributed by atoms with E-state index in [1.54, 1.807) is 36.4 Å². The lowest BCUT2D eigenvalue weighted by molar-refractivity contribution is -0.122. The second-order valence-corrected chi connectivity index (χ2v) is 7.91. The standard InChI is InChI=1S/C21H16BrNO5S/c1-2-9-23-19(24)18(29-21(23)27)11-14-5-8-17(16(22)10-14)28-12-13-3-6-15(7-4-13)20(25)26/h2-8,10-11H,1,9,12H2,(H,25,26)/b18-11-. The third-order valence-electron chi connectivity index (χ3n) is 4.03. The number of aromatic carboxylic acids is 1. The molecular formula is C21H16BrNO5S. The maximum absolute atomic E-state index is 12.3. The number of halogens is 1. The van der Waals surface area contributed by atoms with E-state index >= 15 is 0 Å². The first-order valence-corrected chi connectivity index (χ1v) is 10.1. The van der Waals surface area contributed by atoms with Crippen molar-refractivity contribution in [2.45, 2.75) is 6.61 Å². The van der Waals surface area contributed by atoms with E-state index in [2.05, 4.69) is 22.5 Å². The van der Waals surface area contributed by atoms with E-state index in [0.717, 1.165) is 27.8 Å². The Kier molecular flexibility index (Phi) is 6.56. The molecule has 6 nitrogen and oxygen atoms in total. The number of carboxylic acid groups (broad SMARTS) is 1. The van der Waals surface area contributed by atoms with Crippen molar-refractivity contribution in [3.63, 3.8) is 0 Å². The van der Waals surface area contributed by atoms with Gasteiger partial charge in [0.15, 0.2) is 0 Å². The maximum Gasteiger partial charge on any atom is 0.335 e. The highest BCUT2D eigenvalue weighted by molar-refractivity contribution is 9.10. The number of ether oxygens (including phenoxy) is 1. The van der Waals surface area contributed by atoms with E-state index in [0.29, 0.717) is 15.1 Å². The molecule has 1 N–H and O–H groups in total. The smallest absolute Gasteiger partial charge is 0.335 e. The molecule has 0 saturated carbocycles. The van der Waals surface area contributed by atoms with Crippen molar-refractivity contribution < 1.29 is 24.2 Å². The molecule has 2 amide bonds. The molecule has 0 aromatic heterocycles. The molecule has 0 bridgehead atoms. The zero-order valence-corrected chi connectivity index (χ0v) is 17.5. The summed E-state index contributed by atoms with van der Waals surface area (Å²) in [6.45, 7) is 4.02. The van der Waals surface area contributed by atoms with Crippen LogP contribution in [0, 0.1) is 0 Å². The number of carbonyl (C=O) groups is 3. The van der Waals surface area contributed by atoms with Gasteiger partial charge in [-0.15, -0.1) is 6.58 Å². The van der Waals surface area contributed by atoms with Crippen molar-refractivity contribution in [2.24, 2.45) is 0 Å². The van der Waals surface area contributed by atoms with Gasteiger partial charge in [0, 0.05) is 6.54 Å². The Bertz CT molecular complexity index is 1020. The van der Waals surface area contributed by atoms with Crippen LogP contribution in [0.15, 0.2) is 64.5 Å². The molecule has 8 heteroatoms. The fraction of sp³-hybridized carbons (Fsp3) is 0.0952. The van der Waals surface area contributed by atoms with E-state index in [9.17, 15) is 14.4 Å². The first-order chi connectivity index (χ1) is 13.9. The minimum Gasteiger partial charge on any atom is -0.488 e. The van der Waals surface area contributed by atoms with E-state index < -0.39 is 5.97 Å². The van der Waals surface area contributed by atoms with Crippen LogP contribution in [0.25, 0.3) is 6.08 Å². The number of carbonyl (C=O) groups excluding carboxylic acids is 2. The summed E-state index contributed by atoms with van der Waals surface area (Å²) in [5.41, 5.74) is 1.80. The Balaban J connectivity index is 1.69. The summed E-state index contributed by atoms with van der Waals surface area (Å²) in [5, 5.41) is 8.62.